The molecule has 4 N–H and O–H groups in total. The maximum Gasteiger partial charge on any atom is 0.404 e. The summed E-state index contributed by atoms with van der Waals surface area (Å²) < 4.78 is 12.9. The molecule has 0 aromatic carbocycles. The number of rotatable bonds is 10. The smallest absolute Gasteiger partial charge is 0.404 e. The number of ether oxygens (including phenoxy) is 2. The molecule has 0 spiro atoms. The lowest BCUT2D eigenvalue weighted by Gasteiger charge is -2.59. The number of primary amides is 1. The highest BCUT2D eigenvalue weighted by Crippen LogP contribution is 2.60. The predicted molar refractivity (Wildman–Crippen MR) is 138 cm³/mol. The second-order valence-electron chi connectivity index (χ2n) is 12.0. The number of nitrogens with one attached hydrogen (secondary N) is 2. The number of hydrogen-bond donors (Lipinski definition) is 3. The van der Waals surface area contributed by atoms with Crippen molar-refractivity contribution in [2.45, 2.75) is 84.4 Å². The molecule has 2 atom stereocenters. The minimum atomic E-state index is -0.710. The molecule has 2 unspecified atom stereocenters. The standard InChI is InChI=1S/C27H41N5O4/c1-16(2)31-26(5,6)7-8-32-24(36-17(3)4)21(14-29-32)23(33)30-22-19-9-18-10-20(22)13-27(11-18,12-19)15-35-25(28)34/h7-8,14,17-20,22,31H,1,9-13,15H2,2-6H3,(H2,28,34)(H,30,33)/b8-7+. The third kappa shape index (κ3) is 5.71. The van der Waals surface area contributed by atoms with Gasteiger partial charge in [0, 0.05) is 23.4 Å². The quantitative estimate of drug-likeness (QED) is 0.446. The molecule has 4 bridgehead atoms. The van der Waals surface area contributed by atoms with E-state index >= 15 is 0 Å². The van der Waals surface area contributed by atoms with Crippen molar-refractivity contribution in [1.82, 2.24) is 20.4 Å². The van der Waals surface area contributed by atoms with Gasteiger partial charge in [-0.1, -0.05) is 6.58 Å². The number of aromatic nitrogens is 2. The summed E-state index contributed by atoms with van der Waals surface area (Å²) in [4.78, 5) is 24.7. The molecular weight excluding hydrogens is 458 g/mol. The van der Waals surface area contributed by atoms with Crippen LogP contribution in [0.3, 0.4) is 0 Å². The van der Waals surface area contributed by atoms with E-state index in [-0.39, 0.29) is 29.0 Å². The Hall–Kier alpha value is -2.97. The zero-order chi connectivity index (χ0) is 26.3. The van der Waals surface area contributed by atoms with Gasteiger partial charge in [-0.2, -0.15) is 5.10 Å². The lowest BCUT2D eigenvalue weighted by atomic mass is 9.48. The summed E-state index contributed by atoms with van der Waals surface area (Å²) in [6, 6.07) is 0.0974. The Labute approximate surface area is 213 Å². The first-order chi connectivity index (χ1) is 16.9. The van der Waals surface area contributed by atoms with E-state index in [0.29, 0.717) is 35.8 Å². The van der Waals surface area contributed by atoms with Gasteiger partial charge in [-0.05, 0) is 90.6 Å². The topological polar surface area (TPSA) is 121 Å². The van der Waals surface area contributed by atoms with Gasteiger partial charge in [-0.25, -0.2) is 9.48 Å². The van der Waals surface area contributed by atoms with Gasteiger partial charge in [-0.3, -0.25) is 4.79 Å². The Balaban J connectivity index is 1.50. The van der Waals surface area contributed by atoms with Crippen LogP contribution in [0.5, 0.6) is 5.88 Å². The van der Waals surface area contributed by atoms with Gasteiger partial charge >= 0.3 is 6.09 Å². The van der Waals surface area contributed by atoms with Crippen molar-refractivity contribution in [3.8, 4) is 5.88 Å². The molecule has 2 amide bonds. The fourth-order valence-electron chi connectivity index (χ4n) is 6.86. The zero-order valence-corrected chi connectivity index (χ0v) is 22.2. The van der Waals surface area contributed by atoms with Crippen molar-refractivity contribution in [3.63, 3.8) is 0 Å². The maximum absolute atomic E-state index is 13.5. The van der Waals surface area contributed by atoms with E-state index in [4.69, 9.17) is 15.2 Å². The van der Waals surface area contributed by atoms with E-state index < -0.39 is 6.09 Å². The molecule has 9 nitrogen and oxygen atoms in total. The van der Waals surface area contributed by atoms with E-state index in [1.54, 1.807) is 10.9 Å². The molecule has 1 aromatic rings. The first kappa shape index (κ1) is 26.1. The van der Waals surface area contributed by atoms with Gasteiger partial charge in [-0.15, -0.1) is 0 Å². The maximum atomic E-state index is 13.5. The first-order valence-corrected chi connectivity index (χ1v) is 13.0. The van der Waals surface area contributed by atoms with Crippen LogP contribution in [0.15, 0.2) is 24.5 Å². The van der Waals surface area contributed by atoms with Gasteiger partial charge in [0.05, 0.1) is 24.4 Å². The molecular formula is C27H41N5O4. The van der Waals surface area contributed by atoms with Crippen molar-refractivity contribution < 1.29 is 19.1 Å². The van der Waals surface area contributed by atoms with Crippen LogP contribution >= 0.6 is 0 Å². The van der Waals surface area contributed by atoms with Crippen LogP contribution in [-0.2, 0) is 4.74 Å². The predicted octanol–water partition coefficient (Wildman–Crippen LogP) is 4.06. The highest BCUT2D eigenvalue weighted by atomic mass is 16.5. The third-order valence-corrected chi connectivity index (χ3v) is 7.73. The molecule has 0 aliphatic heterocycles. The van der Waals surface area contributed by atoms with E-state index in [9.17, 15) is 9.59 Å². The summed E-state index contributed by atoms with van der Waals surface area (Å²) >= 11 is 0. The molecule has 4 aliphatic carbocycles. The molecule has 0 saturated heterocycles. The SMILES string of the molecule is C=C(C)NC(C)(C)/C=C/n1ncc(C(=O)NC2C3CC4CC2CC(COC(N)=O)(C4)C3)c1OC(C)C. The molecule has 9 heteroatoms. The lowest BCUT2D eigenvalue weighted by Crippen LogP contribution is -2.60. The molecule has 5 rings (SSSR count). The largest absolute Gasteiger partial charge is 0.474 e. The second-order valence-corrected chi connectivity index (χ2v) is 12.0. The molecule has 1 heterocycles. The highest BCUT2D eigenvalue weighted by Gasteiger charge is 2.56. The van der Waals surface area contributed by atoms with Crippen LogP contribution < -0.4 is 21.1 Å². The Morgan fingerprint density at radius 1 is 1.31 bits per heavy atom. The van der Waals surface area contributed by atoms with Gasteiger partial charge in [0.1, 0.15) is 5.56 Å². The molecule has 1 aromatic heterocycles. The Morgan fingerprint density at radius 3 is 2.56 bits per heavy atom. The van der Waals surface area contributed by atoms with Crippen LogP contribution in [-0.4, -0.2) is 46.1 Å². The summed E-state index contributed by atoms with van der Waals surface area (Å²) in [6.45, 7) is 14.1. The van der Waals surface area contributed by atoms with E-state index in [1.807, 2.05) is 46.9 Å². The minimum absolute atomic E-state index is 0.00101. The van der Waals surface area contributed by atoms with Crippen LogP contribution in [0.4, 0.5) is 4.79 Å². The molecule has 4 fully saturated rings. The van der Waals surface area contributed by atoms with Crippen molar-refractivity contribution in [2.75, 3.05) is 6.61 Å². The van der Waals surface area contributed by atoms with Crippen molar-refractivity contribution in [2.24, 2.45) is 28.9 Å². The Morgan fingerprint density at radius 2 is 1.97 bits per heavy atom. The number of carbonyl (C=O) groups excluding carboxylic acids is 2. The molecule has 36 heavy (non-hydrogen) atoms. The number of amides is 2. The molecule has 4 saturated carbocycles. The summed E-state index contributed by atoms with van der Waals surface area (Å²) in [5.41, 5.74) is 6.20. The van der Waals surface area contributed by atoms with Gasteiger partial charge in [0.2, 0.25) is 5.88 Å². The van der Waals surface area contributed by atoms with Crippen molar-refractivity contribution in [3.05, 3.63) is 30.1 Å². The Bertz CT molecular complexity index is 1030. The fraction of sp³-hybridized carbons (Fsp3) is 0.667. The number of allylic oxidation sites excluding steroid dienone is 1. The average molecular weight is 500 g/mol. The minimum Gasteiger partial charge on any atom is -0.474 e. The van der Waals surface area contributed by atoms with Crippen LogP contribution in [0.2, 0.25) is 0 Å². The van der Waals surface area contributed by atoms with Gasteiger partial charge in [0.25, 0.3) is 5.91 Å². The van der Waals surface area contributed by atoms with Crippen LogP contribution in [0.25, 0.3) is 6.20 Å². The number of hydrogen-bond acceptors (Lipinski definition) is 6. The summed E-state index contributed by atoms with van der Waals surface area (Å²) in [5.74, 6) is 1.63. The second kappa shape index (κ2) is 9.82. The van der Waals surface area contributed by atoms with E-state index in [1.165, 1.54) is 0 Å². The van der Waals surface area contributed by atoms with Crippen LogP contribution in [0, 0.1) is 23.2 Å². The Kier molecular flexibility index (Phi) is 7.12. The molecule has 0 radical (unpaired) electrons. The zero-order valence-electron chi connectivity index (χ0n) is 22.2. The number of carbonyl (C=O) groups is 2. The first-order valence-electron chi connectivity index (χ1n) is 13.0. The monoisotopic (exact) mass is 499 g/mol. The van der Waals surface area contributed by atoms with Gasteiger partial charge < -0.3 is 25.8 Å². The lowest BCUT2D eigenvalue weighted by molar-refractivity contribution is -0.0977. The van der Waals surface area contributed by atoms with Crippen molar-refractivity contribution in [1.29, 1.82) is 0 Å². The summed E-state index contributed by atoms with van der Waals surface area (Å²) in [7, 11) is 0. The third-order valence-electron chi connectivity index (χ3n) is 7.73. The van der Waals surface area contributed by atoms with E-state index in [0.717, 1.165) is 37.8 Å². The number of nitrogens with two attached hydrogens (primary N) is 1. The average Bonchev–Trinajstić information content (AvgIpc) is 3.14. The summed E-state index contributed by atoms with van der Waals surface area (Å²) in [6.07, 6.45) is 9.70. The molecule has 198 valence electrons. The summed E-state index contributed by atoms with van der Waals surface area (Å²) in [5, 5.41) is 11.1. The fourth-order valence-corrected chi connectivity index (χ4v) is 6.86. The van der Waals surface area contributed by atoms with Crippen LogP contribution in [0.1, 0.15) is 77.1 Å². The van der Waals surface area contributed by atoms with Crippen molar-refractivity contribution >= 4 is 18.2 Å². The molecule has 4 aliphatic rings. The van der Waals surface area contributed by atoms with Gasteiger partial charge in [0.15, 0.2) is 0 Å². The highest BCUT2D eigenvalue weighted by molar-refractivity contribution is 5.96. The normalized spacial score (nSPS) is 28.9. The van der Waals surface area contributed by atoms with E-state index in [2.05, 4.69) is 22.3 Å². The number of nitrogens with zero attached hydrogens (tertiary/aromatic N) is 2.